The van der Waals surface area contributed by atoms with Gasteiger partial charge in [-0.1, -0.05) is 23.2 Å². The number of aldehydes is 1. The summed E-state index contributed by atoms with van der Waals surface area (Å²) in [5.41, 5.74) is 1.04. The zero-order valence-corrected chi connectivity index (χ0v) is 6.38. The van der Waals surface area contributed by atoms with Crippen LogP contribution in [0, 0.1) is 0 Å². The molecule has 3 nitrogen and oxygen atoms in total. The van der Waals surface area contributed by atoms with Gasteiger partial charge in [-0.25, -0.2) is 9.98 Å². The lowest BCUT2D eigenvalue weighted by atomic mass is 10.7. The van der Waals surface area contributed by atoms with Crippen LogP contribution in [0.5, 0.6) is 0 Å². The monoisotopic (exact) mass is 178 g/mol. The standard InChI is InChI=1S/C5H4Cl2N2O/c6-3-8-4-9-5(7)1-2-10/h1-4H/b5-1+,8-3?,9-4?. The number of hydrogen-bond acceptors (Lipinski definition) is 2. The molecule has 0 heterocycles. The third kappa shape index (κ3) is 5.47. The van der Waals surface area contributed by atoms with Crippen molar-refractivity contribution in [2.45, 2.75) is 0 Å². The fraction of sp³-hybridized carbons (Fsp3) is 0. The van der Waals surface area contributed by atoms with E-state index in [1.54, 1.807) is 0 Å². The highest BCUT2D eigenvalue weighted by atomic mass is 35.5. The van der Waals surface area contributed by atoms with Gasteiger partial charge in [-0.15, -0.1) is 0 Å². The molecular weight excluding hydrogens is 175 g/mol. The maximum atomic E-state index is 9.75. The molecule has 10 heavy (non-hydrogen) atoms. The molecule has 0 bridgehead atoms. The van der Waals surface area contributed by atoms with Gasteiger partial charge in [0.15, 0.2) is 0 Å². The largest absolute Gasteiger partial charge is 0.298 e. The number of carbonyl (C=O) groups is 1. The second kappa shape index (κ2) is 6.45. The molecule has 0 radical (unpaired) electrons. The van der Waals surface area contributed by atoms with Crippen LogP contribution in [0.4, 0.5) is 0 Å². The molecule has 0 rings (SSSR count). The molecule has 0 saturated carbocycles. The topological polar surface area (TPSA) is 41.8 Å². The summed E-state index contributed by atoms with van der Waals surface area (Å²) >= 11 is 10.4. The predicted octanol–water partition coefficient (Wildman–Crippen LogP) is 1.56. The number of nitrogens with zero attached hydrogens (tertiary/aromatic N) is 2. The quantitative estimate of drug-likeness (QED) is 0.213. The molecule has 0 unspecified atom stereocenters. The normalized spacial score (nSPS) is 13.2. The lowest BCUT2D eigenvalue weighted by Crippen LogP contribution is -1.69. The van der Waals surface area contributed by atoms with Crippen LogP contribution in [0.2, 0.25) is 0 Å². The van der Waals surface area contributed by atoms with E-state index in [4.69, 9.17) is 23.2 Å². The van der Waals surface area contributed by atoms with Crippen LogP contribution in [0.3, 0.4) is 0 Å². The summed E-state index contributed by atoms with van der Waals surface area (Å²) in [7, 11) is 0. The summed E-state index contributed by atoms with van der Waals surface area (Å²) in [6.07, 6.45) is 2.77. The molecule has 5 heteroatoms. The fourth-order valence-corrected chi connectivity index (χ4v) is 0.358. The fourth-order valence-electron chi connectivity index (χ4n) is 0.213. The van der Waals surface area contributed by atoms with Gasteiger partial charge in [-0.3, -0.25) is 4.79 Å². The van der Waals surface area contributed by atoms with Crippen molar-refractivity contribution in [1.29, 1.82) is 0 Å². The van der Waals surface area contributed by atoms with Gasteiger partial charge in [0.25, 0.3) is 0 Å². The molecular formula is C5H4Cl2N2O. The zero-order valence-electron chi connectivity index (χ0n) is 4.87. The molecule has 0 spiro atoms. The molecule has 0 aliphatic carbocycles. The summed E-state index contributed by atoms with van der Waals surface area (Å²) in [5, 5.41) is 0.0669. The van der Waals surface area contributed by atoms with Gasteiger partial charge in [0.05, 0.1) is 5.67 Å². The summed E-state index contributed by atoms with van der Waals surface area (Å²) < 4.78 is 0. The molecule has 0 saturated heterocycles. The Morgan fingerprint density at radius 3 is 2.70 bits per heavy atom. The van der Waals surface area contributed by atoms with E-state index in [0.29, 0.717) is 6.29 Å². The Kier molecular flexibility index (Phi) is 6.02. The molecule has 0 amide bonds. The molecule has 0 fully saturated rings. The molecule has 0 atom stereocenters. The van der Waals surface area contributed by atoms with Gasteiger partial charge in [-0.05, 0) is 0 Å². The van der Waals surface area contributed by atoms with Gasteiger partial charge in [0.2, 0.25) is 0 Å². The molecule has 0 aromatic heterocycles. The van der Waals surface area contributed by atoms with Gasteiger partial charge in [-0.2, -0.15) is 0 Å². The number of rotatable bonds is 3. The van der Waals surface area contributed by atoms with Crippen LogP contribution >= 0.6 is 23.2 Å². The number of halogens is 2. The van der Waals surface area contributed by atoms with E-state index >= 15 is 0 Å². The van der Waals surface area contributed by atoms with Crippen LogP contribution in [0.1, 0.15) is 0 Å². The Labute approximate surface area is 68.1 Å². The summed E-state index contributed by atoms with van der Waals surface area (Å²) in [6, 6.07) is 0. The molecule has 0 aliphatic rings. The number of hydrogen-bond donors (Lipinski definition) is 0. The van der Waals surface area contributed by atoms with E-state index in [9.17, 15) is 4.79 Å². The third-order valence-electron chi connectivity index (χ3n) is 0.510. The van der Waals surface area contributed by atoms with Crippen molar-refractivity contribution >= 4 is 41.5 Å². The van der Waals surface area contributed by atoms with Gasteiger partial charge >= 0.3 is 0 Å². The Hall–Kier alpha value is -0.670. The first-order valence-corrected chi connectivity index (χ1v) is 3.08. The predicted molar refractivity (Wildman–Crippen MR) is 42.8 cm³/mol. The Morgan fingerprint density at radius 1 is 1.50 bits per heavy atom. The second-order valence-electron chi connectivity index (χ2n) is 1.12. The molecule has 0 aromatic carbocycles. The first-order chi connectivity index (χ1) is 4.81. The summed E-state index contributed by atoms with van der Waals surface area (Å²) in [4.78, 5) is 16.6. The first kappa shape index (κ1) is 9.33. The Balaban J connectivity index is 3.88. The van der Waals surface area contributed by atoms with E-state index in [1.807, 2.05) is 0 Å². The number of carbonyl (C=O) groups excluding carboxylic acids is 1. The molecule has 0 aliphatic heterocycles. The molecule has 0 N–H and O–H groups in total. The van der Waals surface area contributed by atoms with Gasteiger partial charge in [0.1, 0.15) is 17.8 Å². The molecule has 0 aromatic rings. The average molecular weight is 179 g/mol. The van der Waals surface area contributed by atoms with Gasteiger partial charge < -0.3 is 0 Å². The first-order valence-electron chi connectivity index (χ1n) is 2.26. The van der Waals surface area contributed by atoms with Crippen LogP contribution < -0.4 is 0 Å². The summed E-state index contributed by atoms with van der Waals surface area (Å²) in [6.45, 7) is 0. The Morgan fingerprint density at radius 2 is 2.20 bits per heavy atom. The van der Waals surface area contributed by atoms with E-state index in [1.165, 1.54) is 0 Å². The number of allylic oxidation sites excluding steroid dienone is 1. The van der Waals surface area contributed by atoms with Crippen LogP contribution in [-0.2, 0) is 4.79 Å². The van der Waals surface area contributed by atoms with Crippen molar-refractivity contribution in [2.24, 2.45) is 9.98 Å². The van der Waals surface area contributed by atoms with Crippen molar-refractivity contribution in [3.8, 4) is 0 Å². The van der Waals surface area contributed by atoms with E-state index < -0.39 is 0 Å². The average Bonchev–Trinajstić information content (AvgIpc) is 1.89. The smallest absolute Gasteiger partial charge is 0.145 e. The van der Waals surface area contributed by atoms with Crippen molar-refractivity contribution in [2.75, 3.05) is 0 Å². The van der Waals surface area contributed by atoms with E-state index in [-0.39, 0.29) is 5.16 Å². The summed E-state index contributed by atoms with van der Waals surface area (Å²) in [5.74, 6) is 0. The Bertz CT molecular complexity index is 186. The van der Waals surface area contributed by atoms with E-state index in [2.05, 4.69) is 9.98 Å². The highest BCUT2D eigenvalue weighted by Crippen LogP contribution is 1.98. The minimum Gasteiger partial charge on any atom is -0.298 e. The number of aliphatic imine (C=N–C) groups is 2. The maximum absolute atomic E-state index is 9.75. The minimum atomic E-state index is 0.0669. The second-order valence-corrected chi connectivity index (χ2v) is 1.70. The molecule has 54 valence electrons. The minimum absolute atomic E-state index is 0.0669. The highest BCUT2D eigenvalue weighted by molar-refractivity contribution is 6.56. The maximum Gasteiger partial charge on any atom is 0.145 e. The van der Waals surface area contributed by atoms with Crippen molar-refractivity contribution in [1.82, 2.24) is 0 Å². The van der Waals surface area contributed by atoms with Crippen LogP contribution in [-0.4, -0.2) is 18.3 Å². The zero-order chi connectivity index (χ0) is 7.82. The van der Waals surface area contributed by atoms with Crippen molar-refractivity contribution in [3.63, 3.8) is 0 Å². The van der Waals surface area contributed by atoms with E-state index in [0.717, 1.165) is 18.1 Å². The third-order valence-corrected chi connectivity index (χ3v) is 0.846. The lowest BCUT2D eigenvalue weighted by Gasteiger charge is -1.79. The van der Waals surface area contributed by atoms with Crippen LogP contribution in [0.25, 0.3) is 0 Å². The van der Waals surface area contributed by atoms with Crippen LogP contribution in [0.15, 0.2) is 21.2 Å². The van der Waals surface area contributed by atoms with Crippen molar-refractivity contribution < 1.29 is 4.79 Å². The highest BCUT2D eigenvalue weighted by Gasteiger charge is 1.80. The lowest BCUT2D eigenvalue weighted by molar-refractivity contribution is -0.104. The SMILES string of the molecule is O=C/C=C(\Cl)N=CN=CCl. The van der Waals surface area contributed by atoms with Gasteiger partial charge in [0, 0.05) is 6.08 Å². The van der Waals surface area contributed by atoms with Crippen molar-refractivity contribution in [3.05, 3.63) is 11.2 Å².